The van der Waals surface area contributed by atoms with Gasteiger partial charge in [0.15, 0.2) is 0 Å². The van der Waals surface area contributed by atoms with Crippen LogP contribution in [-0.2, 0) is 15.0 Å². The lowest BCUT2D eigenvalue weighted by molar-refractivity contribution is -0.135. The van der Waals surface area contributed by atoms with Gasteiger partial charge < -0.3 is 10.2 Å². The second kappa shape index (κ2) is 6.38. The van der Waals surface area contributed by atoms with Crippen molar-refractivity contribution in [3.8, 4) is 0 Å². The molecular weight excluding hydrogens is 280 g/mol. The Labute approximate surface area is 121 Å². The van der Waals surface area contributed by atoms with E-state index >= 15 is 0 Å². The molecule has 2 heterocycles. The van der Waals surface area contributed by atoms with E-state index in [0.717, 1.165) is 25.8 Å². The zero-order valence-corrected chi connectivity index (χ0v) is 13.0. The molecule has 0 unspecified atom stereocenters. The maximum absolute atomic E-state index is 12.3. The van der Waals surface area contributed by atoms with Crippen molar-refractivity contribution in [2.24, 2.45) is 0 Å². The van der Waals surface area contributed by atoms with Gasteiger partial charge >= 0.3 is 0 Å². The quantitative estimate of drug-likeness (QED) is 0.732. The van der Waals surface area contributed by atoms with Gasteiger partial charge in [0.1, 0.15) is 0 Å². The Morgan fingerprint density at radius 2 is 1.80 bits per heavy atom. The molecular formula is C12H24N4O3S. The van der Waals surface area contributed by atoms with Crippen LogP contribution in [0.15, 0.2) is 0 Å². The zero-order chi connectivity index (χ0) is 14.8. The first-order valence-electron chi connectivity index (χ1n) is 7.12. The lowest BCUT2D eigenvalue weighted by atomic mass is 10.0. The molecule has 1 N–H and O–H groups in total. The smallest absolute Gasteiger partial charge is 0.281 e. The van der Waals surface area contributed by atoms with Crippen molar-refractivity contribution in [1.29, 1.82) is 0 Å². The van der Waals surface area contributed by atoms with E-state index in [-0.39, 0.29) is 11.9 Å². The number of carbonyl (C=O) groups is 1. The number of hydrogen-bond acceptors (Lipinski definition) is 4. The molecule has 0 saturated carbocycles. The van der Waals surface area contributed by atoms with Crippen LogP contribution in [0, 0.1) is 0 Å². The van der Waals surface area contributed by atoms with Gasteiger partial charge in [0.25, 0.3) is 10.2 Å². The van der Waals surface area contributed by atoms with Gasteiger partial charge in [-0.15, -0.1) is 0 Å². The standard InChI is InChI=1S/C12H24N4O3S/c1-14(2)20(18,19)16-9-7-15(8-10-16)12(17)11-5-3-4-6-13-11/h11,13H,3-10H2,1-2H3/t11-/m0/s1. The second-order valence-corrected chi connectivity index (χ2v) is 7.66. The highest BCUT2D eigenvalue weighted by Gasteiger charge is 2.32. The largest absolute Gasteiger partial charge is 0.339 e. The topological polar surface area (TPSA) is 73.0 Å². The summed E-state index contributed by atoms with van der Waals surface area (Å²) in [6.45, 7) is 2.59. The van der Waals surface area contributed by atoms with Crippen molar-refractivity contribution in [3.63, 3.8) is 0 Å². The maximum Gasteiger partial charge on any atom is 0.281 e. The number of piperidine rings is 1. The van der Waals surface area contributed by atoms with Crippen LogP contribution in [0.4, 0.5) is 0 Å². The summed E-state index contributed by atoms with van der Waals surface area (Å²) in [6.07, 6.45) is 3.09. The molecule has 2 saturated heterocycles. The third-order valence-corrected chi connectivity index (χ3v) is 5.89. The molecule has 0 spiro atoms. The first kappa shape index (κ1) is 15.7. The molecule has 7 nitrogen and oxygen atoms in total. The van der Waals surface area contributed by atoms with E-state index in [1.54, 1.807) is 4.90 Å². The van der Waals surface area contributed by atoms with Crippen LogP contribution >= 0.6 is 0 Å². The molecule has 2 aliphatic rings. The number of nitrogens with zero attached hydrogens (tertiary/aromatic N) is 3. The third-order valence-electron chi connectivity index (χ3n) is 3.95. The summed E-state index contributed by atoms with van der Waals surface area (Å²) in [5.41, 5.74) is 0. The summed E-state index contributed by atoms with van der Waals surface area (Å²) in [5.74, 6) is 0.117. The average Bonchev–Trinajstić information content (AvgIpc) is 2.47. The number of hydrogen-bond donors (Lipinski definition) is 1. The summed E-state index contributed by atoms with van der Waals surface area (Å²) in [6, 6.07) is -0.0826. The molecule has 0 aromatic heterocycles. The molecule has 1 amide bonds. The summed E-state index contributed by atoms with van der Waals surface area (Å²) >= 11 is 0. The predicted molar refractivity (Wildman–Crippen MR) is 76.4 cm³/mol. The lowest BCUT2D eigenvalue weighted by Crippen LogP contribution is -2.57. The SMILES string of the molecule is CN(C)S(=O)(=O)N1CCN(C(=O)[C@@H]2CCCCN2)CC1. The zero-order valence-electron chi connectivity index (χ0n) is 12.2. The molecule has 116 valence electrons. The Morgan fingerprint density at radius 3 is 2.30 bits per heavy atom. The van der Waals surface area contributed by atoms with Gasteiger partial charge in [-0.25, -0.2) is 0 Å². The number of amides is 1. The van der Waals surface area contributed by atoms with Gasteiger partial charge in [0, 0.05) is 40.3 Å². The van der Waals surface area contributed by atoms with Crippen molar-refractivity contribution in [1.82, 2.24) is 18.8 Å². The molecule has 2 fully saturated rings. The van der Waals surface area contributed by atoms with E-state index in [0.29, 0.717) is 26.2 Å². The highest BCUT2D eigenvalue weighted by Crippen LogP contribution is 2.14. The van der Waals surface area contributed by atoms with Gasteiger partial charge in [0.2, 0.25) is 5.91 Å². The molecule has 0 aromatic carbocycles. The van der Waals surface area contributed by atoms with E-state index in [2.05, 4.69) is 5.32 Å². The van der Waals surface area contributed by atoms with Crippen LogP contribution in [0.3, 0.4) is 0 Å². The Kier molecular flexibility index (Phi) is 5.00. The Balaban J connectivity index is 1.89. The van der Waals surface area contributed by atoms with Crippen LogP contribution in [0.1, 0.15) is 19.3 Å². The van der Waals surface area contributed by atoms with Crippen LogP contribution in [-0.4, -0.2) is 80.7 Å². The molecule has 2 aliphatic heterocycles. The average molecular weight is 304 g/mol. The highest BCUT2D eigenvalue weighted by molar-refractivity contribution is 7.86. The molecule has 20 heavy (non-hydrogen) atoms. The van der Waals surface area contributed by atoms with Gasteiger partial charge in [-0.05, 0) is 19.4 Å². The Hall–Kier alpha value is -0.700. The number of piperazine rings is 1. The van der Waals surface area contributed by atoms with Crippen molar-refractivity contribution < 1.29 is 13.2 Å². The highest BCUT2D eigenvalue weighted by atomic mass is 32.2. The summed E-state index contributed by atoms with van der Waals surface area (Å²) < 4.78 is 26.7. The molecule has 0 aromatic rings. The minimum atomic E-state index is -3.36. The van der Waals surface area contributed by atoms with Crippen LogP contribution in [0.5, 0.6) is 0 Å². The van der Waals surface area contributed by atoms with Crippen molar-refractivity contribution in [2.75, 3.05) is 46.8 Å². The fourth-order valence-corrected chi connectivity index (χ4v) is 3.74. The molecule has 0 radical (unpaired) electrons. The van der Waals surface area contributed by atoms with Crippen LogP contribution < -0.4 is 5.32 Å². The Bertz CT molecular complexity index is 438. The lowest BCUT2D eigenvalue weighted by Gasteiger charge is -2.37. The minimum Gasteiger partial charge on any atom is -0.339 e. The van der Waals surface area contributed by atoms with Gasteiger partial charge in [0.05, 0.1) is 6.04 Å². The fourth-order valence-electron chi connectivity index (χ4n) is 2.65. The van der Waals surface area contributed by atoms with Crippen LogP contribution in [0.2, 0.25) is 0 Å². The number of carbonyl (C=O) groups excluding carboxylic acids is 1. The third kappa shape index (κ3) is 3.30. The van der Waals surface area contributed by atoms with Crippen molar-refractivity contribution in [2.45, 2.75) is 25.3 Å². The molecule has 0 bridgehead atoms. The van der Waals surface area contributed by atoms with Crippen LogP contribution in [0.25, 0.3) is 0 Å². The van der Waals surface area contributed by atoms with Crippen molar-refractivity contribution in [3.05, 3.63) is 0 Å². The van der Waals surface area contributed by atoms with Crippen molar-refractivity contribution >= 4 is 16.1 Å². The number of nitrogens with one attached hydrogen (secondary N) is 1. The maximum atomic E-state index is 12.3. The monoisotopic (exact) mass is 304 g/mol. The van der Waals surface area contributed by atoms with E-state index in [1.807, 2.05) is 0 Å². The first-order valence-corrected chi connectivity index (χ1v) is 8.52. The summed E-state index contributed by atoms with van der Waals surface area (Å²) in [5, 5.41) is 3.24. The first-order chi connectivity index (χ1) is 9.43. The fraction of sp³-hybridized carbons (Fsp3) is 0.917. The molecule has 8 heteroatoms. The summed E-state index contributed by atoms with van der Waals surface area (Å²) in [4.78, 5) is 14.1. The molecule has 0 aliphatic carbocycles. The van der Waals surface area contributed by atoms with E-state index < -0.39 is 10.2 Å². The summed E-state index contributed by atoms with van der Waals surface area (Å²) in [7, 11) is -0.308. The normalized spacial score (nSPS) is 25.9. The van der Waals surface area contributed by atoms with E-state index in [4.69, 9.17) is 0 Å². The van der Waals surface area contributed by atoms with E-state index in [1.165, 1.54) is 22.7 Å². The van der Waals surface area contributed by atoms with E-state index in [9.17, 15) is 13.2 Å². The minimum absolute atomic E-state index is 0.0826. The Morgan fingerprint density at radius 1 is 1.15 bits per heavy atom. The van der Waals surface area contributed by atoms with Gasteiger partial charge in [-0.2, -0.15) is 17.0 Å². The molecule has 2 rings (SSSR count). The second-order valence-electron chi connectivity index (χ2n) is 5.52. The van der Waals surface area contributed by atoms with Gasteiger partial charge in [-0.3, -0.25) is 4.79 Å². The van der Waals surface area contributed by atoms with Gasteiger partial charge in [-0.1, -0.05) is 6.42 Å². The predicted octanol–water partition coefficient (Wildman–Crippen LogP) is -0.921. The number of rotatable bonds is 3. The molecule has 1 atom stereocenters.